The van der Waals surface area contributed by atoms with E-state index in [9.17, 15) is 9.90 Å². The Balaban J connectivity index is 0.00000256. The predicted molar refractivity (Wildman–Crippen MR) is 127 cm³/mol. The van der Waals surface area contributed by atoms with Gasteiger partial charge >= 0.3 is 0 Å². The smallest absolute Gasteiger partial charge is 0.255 e. The summed E-state index contributed by atoms with van der Waals surface area (Å²) in [6.45, 7) is 0. The molecule has 4 rings (SSSR count). The summed E-state index contributed by atoms with van der Waals surface area (Å²) in [6.07, 6.45) is 6.13. The van der Waals surface area contributed by atoms with Gasteiger partial charge in [0.15, 0.2) is 17.2 Å². The van der Waals surface area contributed by atoms with Crippen molar-refractivity contribution in [3.05, 3.63) is 51.7 Å². The van der Waals surface area contributed by atoms with Gasteiger partial charge in [-0.25, -0.2) is 0 Å². The molecule has 3 aromatic rings. The molecule has 0 saturated heterocycles. The van der Waals surface area contributed by atoms with Crippen molar-refractivity contribution in [2.75, 3.05) is 12.4 Å². The SMILES string of the molecule is COc1ccc(C(=O)Nc2cc(I)c(O)c3ncccc23)cc1OC1CCCC1.Cl. The fourth-order valence-corrected chi connectivity index (χ4v) is 4.16. The van der Waals surface area contributed by atoms with Gasteiger partial charge in [0.2, 0.25) is 0 Å². The average molecular weight is 541 g/mol. The van der Waals surface area contributed by atoms with Crippen LogP contribution in [0.4, 0.5) is 5.69 Å². The Kier molecular flexibility index (Phi) is 7.25. The monoisotopic (exact) mass is 540 g/mol. The van der Waals surface area contributed by atoms with Gasteiger partial charge in [-0.05, 0) is 84.7 Å². The minimum atomic E-state index is -0.268. The number of methoxy groups -OCH3 is 1. The van der Waals surface area contributed by atoms with Crippen molar-refractivity contribution in [1.82, 2.24) is 4.98 Å². The van der Waals surface area contributed by atoms with E-state index < -0.39 is 0 Å². The lowest BCUT2D eigenvalue weighted by molar-refractivity contribution is 0.102. The number of amides is 1. The van der Waals surface area contributed by atoms with Crippen LogP contribution in [-0.2, 0) is 0 Å². The highest BCUT2D eigenvalue weighted by molar-refractivity contribution is 14.1. The molecular formula is C22H22ClIN2O4. The van der Waals surface area contributed by atoms with Crippen molar-refractivity contribution in [1.29, 1.82) is 0 Å². The van der Waals surface area contributed by atoms with Crippen LogP contribution in [0.15, 0.2) is 42.6 Å². The van der Waals surface area contributed by atoms with Gasteiger partial charge in [0.25, 0.3) is 5.91 Å². The fourth-order valence-electron chi connectivity index (χ4n) is 3.59. The van der Waals surface area contributed by atoms with Gasteiger partial charge in [0.05, 0.1) is 22.5 Å². The van der Waals surface area contributed by atoms with Crippen molar-refractivity contribution < 1.29 is 19.4 Å². The molecular weight excluding hydrogens is 519 g/mol. The molecule has 1 saturated carbocycles. The molecule has 1 aliphatic rings. The summed E-state index contributed by atoms with van der Waals surface area (Å²) >= 11 is 2.02. The third-order valence-electron chi connectivity index (χ3n) is 5.09. The molecule has 0 spiro atoms. The van der Waals surface area contributed by atoms with Crippen LogP contribution in [0.25, 0.3) is 10.9 Å². The summed E-state index contributed by atoms with van der Waals surface area (Å²) in [6, 6.07) is 10.5. The first-order valence-electron chi connectivity index (χ1n) is 9.49. The Labute approximate surface area is 194 Å². The lowest BCUT2D eigenvalue weighted by Gasteiger charge is -2.17. The maximum Gasteiger partial charge on any atom is 0.255 e. The predicted octanol–water partition coefficient (Wildman–Crippen LogP) is 5.55. The number of benzene rings is 2. The van der Waals surface area contributed by atoms with Crippen LogP contribution in [0.2, 0.25) is 0 Å². The number of phenolic OH excluding ortho intramolecular Hbond substituents is 1. The first kappa shape index (κ1) is 22.4. The summed E-state index contributed by atoms with van der Waals surface area (Å²) in [5.74, 6) is 1.03. The number of hydrogen-bond acceptors (Lipinski definition) is 5. The van der Waals surface area contributed by atoms with Crippen LogP contribution in [0.1, 0.15) is 36.0 Å². The quantitative estimate of drug-likeness (QED) is 0.328. The molecule has 0 bridgehead atoms. The number of aromatic nitrogens is 1. The molecule has 1 aromatic heterocycles. The Morgan fingerprint density at radius 2 is 1.97 bits per heavy atom. The summed E-state index contributed by atoms with van der Waals surface area (Å²) in [5, 5.41) is 13.9. The number of anilines is 1. The Morgan fingerprint density at radius 3 is 2.70 bits per heavy atom. The zero-order chi connectivity index (χ0) is 20.4. The molecule has 1 aliphatic carbocycles. The highest BCUT2D eigenvalue weighted by atomic mass is 127. The van der Waals surface area contributed by atoms with Gasteiger partial charge in [-0.15, -0.1) is 12.4 Å². The molecule has 0 unspecified atom stereocenters. The van der Waals surface area contributed by atoms with Crippen molar-refractivity contribution >= 4 is 57.5 Å². The largest absolute Gasteiger partial charge is 0.505 e. The molecule has 2 aromatic carbocycles. The number of carbonyl (C=O) groups is 1. The molecule has 1 amide bonds. The van der Waals surface area contributed by atoms with E-state index in [0.29, 0.717) is 37.2 Å². The molecule has 30 heavy (non-hydrogen) atoms. The number of rotatable bonds is 5. The molecule has 0 atom stereocenters. The lowest BCUT2D eigenvalue weighted by Crippen LogP contribution is -2.15. The fraction of sp³-hybridized carbons (Fsp3) is 0.273. The zero-order valence-electron chi connectivity index (χ0n) is 16.4. The van der Waals surface area contributed by atoms with E-state index in [-0.39, 0.29) is 30.2 Å². The van der Waals surface area contributed by atoms with E-state index in [4.69, 9.17) is 9.47 Å². The summed E-state index contributed by atoms with van der Waals surface area (Å²) in [4.78, 5) is 17.2. The van der Waals surface area contributed by atoms with Gasteiger partial charge in [-0.2, -0.15) is 0 Å². The molecule has 1 heterocycles. The topological polar surface area (TPSA) is 80.7 Å². The van der Waals surface area contributed by atoms with Crippen molar-refractivity contribution in [2.24, 2.45) is 0 Å². The molecule has 0 aliphatic heterocycles. The number of ether oxygens (including phenoxy) is 2. The van der Waals surface area contributed by atoms with E-state index in [1.807, 2.05) is 28.7 Å². The van der Waals surface area contributed by atoms with E-state index in [1.54, 1.807) is 43.6 Å². The van der Waals surface area contributed by atoms with E-state index in [1.165, 1.54) is 0 Å². The van der Waals surface area contributed by atoms with Crippen molar-refractivity contribution in [3.63, 3.8) is 0 Å². The number of fused-ring (bicyclic) bond motifs is 1. The minimum Gasteiger partial charge on any atom is -0.505 e. The van der Waals surface area contributed by atoms with Gasteiger partial charge in [0.1, 0.15) is 5.52 Å². The average Bonchev–Trinajstić information content (AvgIpc) is 3.25. The molecule has 6 nitrogen and oxygen atoms in total. The third-order valence-corrected chi connectivity index (χ3v) is 5.91. The van der Waals surface area contributed by atoms with Gasteiger partial charge in [0, 0.05) is 17.1 Å². The summed E-state index contributed by atoms with van der Waals surface area (Å²) in [7, 11) is 1.59. The second-order valence-electron chi connectivity index (χ2n) is 7.00. The second-order valence-corrected chi connectivity index (χ2v) is 8.16. The molecule has 0 radical (unpaired) electrons. The number of aromatic hydroxyl groups is 1. The minimum absolute atomic E-state index is 0. The normalized spacial score (nSPS) is 13.7. The first-order chi connectivity index (χ1) is 14.1. The van der Waals surface area contributed by atoms with Crippen molar-refractivity contribution in [3.8, 4) is 17.2 Å². The van der Waals surface area contributed by atoms with E-state index in [2.05, 4.69) is 10.3 Å². The maximum atomic E-state index is 13.0. The zero-order valence-corrected chi connectivity index (χ0v) is 19.3. The Hall–Kier alpha value is -2.26. The number of nitrogens with one attached hydrogen (secondary N) is 1. The molecule has 8 heteroatoms. The summed E-state index contributed by atoms with van der Waals surface area (Å²) < 4.78 is 12.1. The number of hydrogen-bond donors (Lipinski definition) is 2. The molecule has 2 N–H and O–H groups in total. The van der Waals surface area contributed by atoms with Crippen LogP contribution < -0.4 is 14.8 Å². The number of nitrogens with zero attached hydrogens (tertiary/aromatic N) is 1. The number of pyridine rings is 1. The highest BCUT2D eigenvalue weighted by Crippen LogP contribution is 2.35. The van der Waals surface area contributed by atoms with E-state index >= 15 is 0 Å². The Bertz CT molecular complexity index is 1070. The number of phenols is 1. The van der Waals surface area contributed by atoms with Crippen LogP contribution >= 0.6 is 35.0 Å². The van der Waals surface area contributed by atoms with Crippen molar-refractivity contribution in [2.45, 2.75) is 31.8 Å². The molecule has 158 valence electrons. The first-order valence-corrected chi connectivity index (χ1v) is 10.6. The number of halogens is 2. The summed E-state index contributed by atoms with van der Waals surface area (Å²) in [5.41, 5.74) is 1.52. The third kappa shape index (κ3) is 4.57. The van der Waals surface area contributed by atoms with Gasteiger partial charge in [-0.3, -0.25) is 9.78 Å². The Morgan fingerprint density at radius 1 is 1.20 bits per heavy atom. The highest BCUT2D eigenvalue weighted by Gasteiger charge is 2.20. The lowest BCUT2D eigenvalue weighted by atomic mass is 10.1. The molecule has 1 fully saturated rings. The maximum absolute atomic E-state index is 13.0. The van der Waals surface area contributed by atoms with Crippen LogP contribution in [0.5, 0.6) is 17.2 Å². The number of carbonyl (C=O) groups excluding carboxylic acids is 1. The standard InChI is InChI=1S/C22H21IN2O4.ClH/c1-28-18-9-8-13(11-19(18)29-14-5-2-3-6-14)22(27)25-17-12-16(23)21(26)20-15(17)7-4-10-24-20;/h4,7-12,14,26H,2-3,5-6H2,1H3,(H,25,27);1H. The van der Waals surface area contributed by atoms with E-state index in [0.717, 1.165) is 25.7 Å². The van der Waals surface area contributed by atoms with Crippen LogP contribution in [0, 0.1) is 3.57 Å². The second kappa shape index (κ2) is 9.70. The van der Waals surface area contributed by atoms with Gasteiger partial charge in [-0.1, -0.05) is 0 Å². The van der Waals surface area contributed by atoms with Gasteiger partial charge < -0.3 is 19.9 Å². The van der Waals surface area contributed by atoms with Crippen LogP contribution in [0.3, 0.4) is 0 Å². The van der Waals surface area contributed by atoms with Crippen LogP contribution in [-0.4, -0.2) is 29.2 Å².